The predicted molar refractivity (Wildman–Crippen MR) is 123 cm³/mol. The van der Waals surface area contributed by atoms with E-state index in [9.17, 15) is 0 Å². The summed E-state index contributed by atoms with van der Waals surface area (Å²) < 4.78 is 17.6. The number of hydrogen-bond acceptors (Lipinski definition) is 6. The lowest BCUT2D eigenvalue weighted by molar-refractivity contribution is -0.0343. The van der Waals surface area contributed by atoms with Gasteiger partial charge in [-0.25, -0.2) is 0 Å². The Hall–Kier alpha value is -3.09. The lowest BCUT2D eigenvalue weighted by Gasteiger charge is -2.39. The van der Waals surface area contributed by atoms with Crippen LogP contribution in [0.25, 0.3) is 5.70 Å². The lowest BCUT2D eigenvalue weighted by Crippen LogP contribution is -2.43. The van der Waals surface area contributed by atoms with E-state index in [2.05, 4.69) is 59.2 Å². The van der Waals surface area contributed by atoms with E-state index < -0.39 is 0 Å². The van der Waals surface area contributed by atoms with Crippen molar-refractivity contribution >= 4 is 17.5 Å². The van der Waals surface area contributed by atoms with Gasteiger partial charge in [-0.15, -0.1) is 11.8 Å². The van der Waals surface area contributed by atoms with Crippen molar-refractivity contribution < 1.29 is 14.2 Å². The number of hydrogen-bond donors (Lipinski definition) is 1. The molecule has 1 N–H and O–H groups in total. The van der Waals surface area contributed by atoms with Crippen molar-refractivity contribution in [2.45, 2.75) is 17.2 Å². The number of rotatable bonds is 5. The molecule has 0 saturated heterocycles. The van der Waals surface area contributed by atoms with Crippen LogP contribution in [0.1, 0.15) is 29.0 Å². The van der Waals surface area contributed by atoms with Gasteiger partial charge in [-0.2, -0.15) is 5.01 Å². The molecule has 2 heterocycles. The van der Waals surface area contributed by atoms with Crippen LogP contribution in [0, 0.1) is 0 Å². The number of nitrogens with one attached hydrogen (secondary N) is 1. The van der Waals surface area contributed by atoms with E-state index in [0.29, 0.717) is 0 Å². The molecule has 2 aliphatic rings. The molecule has 0 amide bonds. The molecule has 0 spiro atoms. The van der Waals surface area contributed by atoms with Gasteiger partial charge in [-0.3, -0.25) is 0 Å². The number of hydrazine groups is 1. The van der Waals surface area contributed by atoms with Crippen molar-refractivity contribution in [1.29, 1.82) is 0 Å². The molecule has 0 saturated carbocycles. The van der Waals surface area contributed by atoms with Crippen molar-refractivity contribution in [2.24, 2.45) is 0 Å². The molecular formula is C25H24N2O3S. The highest BCUT2D eigenvalue weighted by Gasteiger charge is 2.41. The first-order valence-electron chi connectivity index (χ1n) is 10.1. The number of thioether (sulfide) groups is 1. The zero-order valence-electron chi connectivity index (χ0n) is 17.7. The minimum absolute atomic E-state index is 0.00489. The fraction of sp³-hybridized carbons (Fsp3) is 0.200. The van der Waals surface area contributed by atoms with Gasteiger partial charge in [0.25, 0.3) is 0 Å². The van der Waals surface area contributed by atoms with Crippen molar-refractivity contribution in [2.75, 3.05) is 20.5 Å². The second-order valence-electron chi connectivity index (χ2n) is 7.40. The fourth-order valence-corrected chi connectivity index (χ4v) is 4.51. The molecule has 5 rings (SSSR count). The Balaban J connectivity index is 1.59. The molecule has 0 bridgehead atoms. The van der Waals surface area contributed by atoms with Gasteiger partial charge in [-0.1, -0.05) is 36.4 Å². The molecule has 6 heteroatoms. The first-order valence-corrected chi connectivity index (χ1v) is 11.3. The second-order valence-corrected chi connectivity index (χ2v) is 8.28. The highest BCUT2D eigenvalue weighted by molar-refractivity contribution is 7.98. The monoisotopic (exact) mass is 432 g/mol. The van der Waals surface area contributed by atoms with Crippen LogP contribution in [0.2, 0.25) is 0 Å². The number of methoxy groups -OCH3 is 2. The van der Waals surface area contributed by atoms with E-state index in [-0.39, 0.29) is 12.3 Å². The minimum Gasteiger partial charge on any atom is -0.497 e. The molecule has 0 aromatic heterocycles. The summed E-state index contributed by atoms with van der Waals surface area (Å²) in [5, 5.41) is 2.16. The van der Waals surface area contributed by atoms with Crippen molar-refractivity contribution in [1.82, 2.24) is 10.4 Å². The Morgan fingerprint density at radius 2 is 1.77 bits per heavy atom. The quantitative estimate of drug-likeness (QED) is 0.543. The van der Waals surface area contributed by atoms with Gasteiger partial charge < -0.3 is 19.6 Å². The summed E-state index contributed by atoms with van der Waals surface area (Å²) in [6, 6.07) is 22.6. The lowest BCUT2D eigenvalue weighted by atomic mass is 10.00. The Morgan fingerprint density at radius 3 is 2.52 bits per heavy atom. The Labute approximate surface area is 186 Å². The maximum Gasteiger partial charge on any atom is 0.196 e. The van der Waals surface area contributed by atoms with Crippen LogP contribution in [0.4, 0.5) is 0 Å². The molecule has 0 radical (unpaired) electrons. The van der Waals surface area contributed by atoms with Gasteiger partial charge in [0.05, 0.1) is 26.0 Å². The molecule has 0 aliphatic carbocycles. The van der Waals surface area contributed by atoms with Crippen molar-refractivity contribution in [3.8, 4) is 17.2 Å². The highest BCUT2D eigenvalue weighted by atomic mass is 32.2. The zero-order chi connectivity index (χ0) is 21.4. The normalized spacial score (nSPS) is 19.5. The maximum absolute atomic E-state index is 6.53. The van der Waals surface area contributed by atoms with E-state index >= 15 is 0 Å². The first kappa shape index (κ1) is 19.8. The average molecular weight is 433 g/mol. The van der Waals surface area contributed by atoms with E-state index in [1.165, 1.54) is 4.90 Å². The molecule has 3 aromatic rings. The zero-order valence-corrected chi connectivity index (χ0v) is 18.5. The van der Waals surface area contributed by atoms with E-state index in [1.807, 2.05) is 30.3 Å². The van der Waals surface area contributed by atoms with Gasteiger partial charge in [-0.05, 0) is 42.7 Å². The molecule has 5 nitrogen and oxygen atoms in total. The molecule has 3 aromatic carbocycles. The van der Waals surface area contributed by atoms with Gasteiger partial charge in [0.2, 0.25) is 0 Å². The summed E-state index contributed by atoms with van der Waals surface area (Å²) in [4.78, 5) is 1.22. The fourth-order valence-electron chi connectivity index (χ4n) is 4.10. The average Bonchev–Trinajstić information content (AvgIpc) is 3.29. The van der Waals surface area contributed by atoms with Gasteiger partial charge in [0, 0.05) is 21.6 Å². The molecule has 31 heavy (non-hydrogen) atoms. The van der Waals surface area contributed by atoms with Crippen LogP contribution in [0.3, 0.4) is 0 Å². The first-order chi connectivity index (χ1) is 15.2. The molecule has 2 aliphatic heterocycles. The third-order valence-corrected chi connectivity index (χ3v) is 6.43. The Bertz CT molecular complexity index is 1130. The smallest absolute Gasteiger partial charge is 0.196 e. The van der Waals surface area contributed by atoms with Crippen LogP contribution in [-0.4, -0.2) is 25.5 Å². The highest BCUT2D eigenvalue weighted by Crippen LogP contribution is 2.49. The third-order valence-electron chi connectivity index (χ3n) is 5.69. The standard InChI is InChI=1S/C25H24N2O3S/c1-28-18-7-4-6-17(14-18)21-15-22-20-8-5-9-23(29-2)24(20)30-25(27(22)26-21)16-10-12-19(31-3)13-11-16/h4-15,22,25-26H,1-3H3. The topological polar surface area (TPSA) is 43.0 Å². The van der Waals surface area contributed by atoms with E-state index in [4.69, 9.17) is 14.2 Å². The van der Waals surface area contributed by atoms with Crippen LogP contribution in [-0.2, 0) is 0 Å². The summed E-state index contributed by atoms with van der Waals surface area (Å²) in [6.07, 6.45) is 4.01. The van der Waals surface area contributed by atoms with E-state index in [0.717, 1.165) is 39.6 Å². The predicted octanol–water partition coefficient (Wildman–Crippen LogP) is 5.42. The Morgan fingerprint density at radius 1 is 0.968 bits per heavy atom. The number of benzene rings is 3. The van der Waals surface area contributed by atoms with Crippen LogP contribution in [0.15, 0.2) is 77.7 Å². The molecule has 158 valence electrons. The molecule has 2 atom stereocenters. The number of para-hydroxylation sites is 1. The van der Waals surface area contributed by atoms with Crippen LogP contribution in [0.5, 0.6) is 17.2 Å². The van der Waals surface area contributed by atoms with Gasteiger partial charge in [0.1, 0.15) is 5.75 Å². The van der Waals surface area contributed by atoms with Crippen molar-refractivity contribution in [3.63, 3.8) is 0 Å². The van der Waals surface area contributed by atoms with Crippen LogP contribution < -0.4 is 19.6 Å². The summed E-state index contributed by atoms with van der Waals surface area (Å²) in [7, 11) is 3.36. The van der Waals surface area contributed by atoms with Gasteiger partial charge in [0.15, 0.2) is 17.7 Å². The van der Waals surface area contributed by atoms with E-state index in [1.54, 1.807) is 26.0 Å². The number of fused-ring (bicyclic) bond motifs is 3. The number of ether oxygens (including phenoxy) is 3. The third kappa shape index (κ3) is 3.52. The second kappa shape index (κ2) is 8.21. The SMILES string of the molecule is COc1cccc(C2=CC3c4cccc(OC)c4OC(c4ccc(SC)cc4)N3N2)c1. The van der Waals surface area contributed by atoms with Crippen LogP contribution >= 0.6 is 11.8 Å². The van der Waals surface area contributed by atoms with Gasteiger partial charge >= 0.3 is 0 Å². The summed E-state index contributed by atoms with van der Waals surface area (Å²) in [5.41, 5.74) is 7.82. The summed E-state index contributed by atoms with van der Waals surface area (Å²) >= 11 is 1.73. The van der Waals surface area contributed by atoms with Crippen molar-refractivity contribution in [3.05, 3.63) is 89.5 Å². The molecule has 0 fully saturated rings. The summed E-state index contributed by atoms with van der Waals surface area (Å²) in [5.74, 6) is 2.36. The molecule has 2 unspecified atom stereocenters. The summed E-state index contributed by atoms with van der Waals surface area (Å²) in [6.45, 7) is 0. The largest absolute Gasteiger partial charge is 0.497 e. The number of nitrogens with zero attached hydrogens (tertiary/aromatic N) is 1. The Kier molecular flexibility index (Phi) is 5.26. The molecular weight excluding hydrogens is 408 g/mol. The minimum atomic E-state index is -0.302. The maximum atomic E-state index is 6.53.